The van der Waals surface area contributed by atoms with Crippen molar-refractivity contribution >= 4 is 45.8 Å². The molecular weight excluding hydrogens is 408 g/mol. The highest BCUT2D eigenvalue weighted by molar-refractivity contribution is 8.15. The Balaban J connectivity index is 1.69. The number of rotatable bonds is 6. The topological polar surface area (TPSA) is 123 Å². The fourth-order valence-electron chi connectivity index (χ4n) is 2.81. The van der Waals surface area contributed by atoms with E-state index in [0.29, 0.717) is 10.9 Å². The van der Waals surface area contributed by atoms with E-state index in [0.717, 1.165) is 28.6 Å². The van der Waals surface area contributed by atoms with Crippen LogP contribution in [-0.4, -0.2) is 34.3 Å². The number of nitro benzene ring substituents is 1. The molecule has 1 fully saturated rings. The summed E-state index contributed by atoms with van der Waals surface area (Å²) in [4.78, 5) is 39.8. The van der Waals surface area contributed by atoms with Crippen LogP contribution in [0.25, 0.3) is 0 Å². The molecule has 0 radical (unpaired) electrons. The van der Waals surface area contributed by atoms with Gasteiger partial charge in [0.15, 0.2) is 5.17 Å². The molecule has 2 N–H and O–H groups in total. The van der Waals surface area contributed by atoms with Crippen LogP contribution in [0.5, 0.6) is 5.75 Å². The van der Waals surface area contributed by atoms with E-state index >= 15 is 0 Å². The van der Waals surface area contributed by atoms with Crippen LogP contribution in [0.2, 0.25) is 0 Å². The second-order valence-corrected chi connectivity index (χ2v) is 7.89. The number of aryl methyl sites for hydroxylation is 2. The molecule has 1 saturated heterocycles. The Morgan fingerprint density at radius 2 is 2.07 bits per heavy atom. The molecule has 0 saturated carbocycles. The molecule has 10 heteroatoms. The van der Waals surface area contributed by atoms with Gasteiger partial charge in [-0.25, -0.2) is 4.99 Å². The first kappa shape index (κ1) is 21.3. The second kappa shape index (κ2) is 8.95. The van der Waals surface area contributed by atoms with Crippen molar-refractivity contribution < 1.29 is 19.2 Å². The standard InChI is InChI=1S/C20H20N4O5S/c1-11-4-5-12(2)15(8-11)22-20-23-19(26)17(30-20)10-18(25)21-14-7-6-13(29-3)9-16(14)24(27)28/h4-9,17H,10H2,1-3H3,(H,21,25)(H,22,23,26). The summed E-state index contributed by atoms with van der Waals surface area (Å²) in [5.74, 6) is -0.537. The van der Waals surface area contributed by atoms with Crippen LogP contribution < -0.4 is 15.4 Å². The molecule has 0 bridgehead atoms. The van der Waals surface area contributed by atoms with Gasteiger partial charge in [0.1, 0.15) is 16.7 Å². The van der Waals surface area contributed by atoms with Crippen LogP contribution in [0.15, 0.2) is 41.4 Å². The Morgan fingerprint density at radius 3 is 2.77 bits per heavy atom. The van der Waals surface area contributed by atoms with E-state index in [1.54, 1.807) is 0 Å². The van der Waals surface area contributed by atoms with Gasteiger partial charge in [0.25, 0.3) is 5.69 Å². The van der Waals surface area contributed by atoms with Gasteiger partial charge < -0.3 is 15.4 Å². The molecule has 1 atom stereocenters. The molecule has 9 nitrogen and oxygen atoms in total. The minimum Gasteiger partial charge on any atom is -0.496 e. The van der Waals surface area contributed by atoms with Gasteiger partial charge in [-0.2, -0.15) is 0 Å². The zero-order chi connectivity index (χ0) is 21.8. The number of carbonyl (C=O) groups excluding carboxylic acids is 2. The molecule has 3 rings (SSSR count). The number of nitrogens with zero attached hydrogens (tertiary/aromatic N) is 2. The number of amidine groups is 1. The number of hydrogen-bond donors (Lipinski definition) is 2. The van der Waals surface area contributed by atoms with Gasteiger partial charge in [0.05, 0.1) is 23.8 Å². The smallest absolute Gasteiger partial charge is 0.296 e. The summed E-state index contributed by atoms with van der Waals surface area (Å²) in [5.41, 5.74) is 2.51. The summed E-state index contributed by atoms with van der Waals surface area (Å²) in [6.07, 6.45) is -0.147. The van der Waals surface area contributed by atoms with Gasteiger partial charge in [-0.3, -0.25) is 19.7 Å². The van der Waals surface area contributed by atoms with Crippen molar-refractivity contribution in [2.75, 3.05) is 12.4 Å². The first-order valence-electron chi connectivity index (χ1n) is 9.02. The normalized spacial score (nSPS) is 17.0. The van der Waals surface area contributed by atoms with Crippen molar-refractivity contribution in [1.29, 1.82) is 0 Å². The molecule has 0 aromatic heterocycles. The van der Waals surface area contributed by atoms with E-state index in [1.165, 1.54) is 25.3 Å². The third-order valence-corrected chi connectivity index (χ3v) is 5.49. The molecule has 2 aromatic rings. The maximum atomic E-state index is 12.4. The van der Waals surface area contributed by atoms with E-state index in [2.05, 4.69) is 15.6 Å². The molecular formula is C20H20N4O5S. The van der Waals surface area contributed by atoms with Gasteiger partial charge in [-0.1, -0.05) is 23.9 Å². The number of aliphatic imine (C=N–C) groups is 1. The molecule has 2 amide bonds. The average Bonchev–Trinajstić information content (AvgIpc) is 3.03. The molecule has 1 heterocycles. The maximum absolute atomic E-state index is 12.4. The first-order valence-corrected chi connectivity index (χ1v) is 9.90. The minimum absolute atomic E-state index is 0.0403. The van der Waals surface area contributed by atoms with Crippen molar-refractivity contribution in [3.63, 3.8) is 0 Å². The Bertz CT molecular complexity index is 1050. The molecule has 30 heavy (non-hydrogen) atoms. The number of nitrogens with one attached hydrogen (secondary N) is 2. The molecule has 1 aliphatic heterocycles. The third-order valence-electron chi connectivity index (χ3n) is 4.41. The fourth-order valence-corrected chi connectivity index (χ4v) is 3.79. The Morgan fingerprint density at radius 1 is 1.30 bits per heavy atom. The van der Waals surface area contributed by atoms with E-state index in [9.17, 15) is 19.7 Å². The SMILES string of the molecule is COc1ccc(NC(=O)CC2SC(=Nc3cc(C)ccc3C)NC2=O)c([N+](=O)[O-])c1. The average molecular weight is 428 g/mol. The van der Waals surface area contributed by atoms with Gasteiger partial charge in [-0.05, 0) is 43.2 Å². The zero-order valence-corrected chi connectivity index (χ0v) is 17.4. The largest absolute Gasteiger partial charge is 0.496 e. The van der Waals surface area contributed by atoms with Crippen LogP contribution in [0.4, 0.5) is 17.1 Å². The highest BCUT2D eigenvalue weighted by Crippen LogP contribution is 2.31. The number of ether oxygens (including phenoxy) is 1. The lowest BCUT2D eigenvalue weighted by atomic mass is 10.1. The fraction of sp³-hybridized carbons (Fsp3) is 0.250. The van der Waals surface area contributed by atoms with Crippen LogP contribution in [0.1, 0.15) is 17.5 Å². The first-order chi connectivity index (χ1) is 14.3. The van der Waals surface area contributed by atoms with Crippen molar-refractivity contribution in [2.45, 2.75) is 25.5 Å². The molecule has 1 unspecified atom stereocenters. The Kier molecular flexibility index (Phi) is 6.36. The van der Waals surface area contributed by atoms with Crippen LogP contribution in [0, 0.1) is 24.0 Å². The van der Waals surface area contributed by atoms with Gasteiger partial charge >= 0.3 is 0 Å². The lowest BCUT2D eigenvalue weighted by Gasteiger charge is -2.09. The minimum atomic E-state index is -0.675. The summed E-state index contributed by atoms with van der Waals surface area (Å²) in [5, 5.41) is 16.2. The van der Waals surface area contributed by atoms with E-state index in [4.69, 9.17) is 4.74 Å². The van der Waals surface area contributed by atoms with Gasteiger partial charge in [0, 0.05) is 6.42 Å². The van der Waals surface area contributed by atoms with E-state index in [-0.39, 0.29) is 23.7 Å². The van der Waals surface area contributed by atoms with Crippen molar-refractivity contribution in [1.82, 2.24) is 5.32 Å². The van der Waals surface area contributed by atoms with Crippen molar-refractivity contribution in [3.8, 4) is 5.75 Å². The molecule has 0 spiro atoms. The molecule has 156 valence electrons. The molecule has 2 aromatic carbocycles. The number of carbonyl (C=O) groups is 2. The number of anilines is 1. The Labute approximate surface area is 177 Å². The summed E-state index contributed by atoms with van der Waals surface area (Å²) >= 11 is 1.16. The lowest BCUT2D eigenvalue weighted by molar-refractivity contribution is -0.384. The van der Waals surface area contributed by atoms with Crippen molar-refractivity contribution in [2.24, 2.45) is 4.99 Å². The monoisotopic (exact) mass is 428 g/mol. The summed E-state index contributed by atoms with van der Waals surface area (Å²) in [7, 11) is 1.39. The number of amides is 2. The van der Waals surface area contributed by atoms with Crippen molar-refractivity contribution in [3.05, 3.63) is 57.6 Å². The summed E-state index contributed by atoms with van der Waals surface area (Å²) < 4.78 is 4.98. The highest BCUT2D eigenvalue weighted by atomic mass is 32.2. The number of methoxy groups -OCH3 is 1. The highest BCUT2D eigenvalue weighted by Gasteiger charge is 2.32. The second-order valence-electron chi connectivity index (χ2n) is 6.70. The van der Waals surface area contributed by atoms with E-state index in [1.807, 2.05) is 32.0 Å². The number of nitro groups is 1. The quantitative estimate of drug-likeness (QED) is 0.536. The summed E-state index contributed by atoms with van der Waals surface area (Å²) in [6, 6.07) is 9.96. The molecule has 1 aliphatic rings. The Hall–Kier alpha value is -3.40. The van der Waals surface area contributed by atoms with Crippen LogP contribution in [-0.2, 0) is 9.59 Å². The number of thioether (sulfide) groups is 1. The van der Waals surface area contributed by atoms with Crippen LogP contribution >= 0.6 is 11.8 Å². The maximum Gasteiger partial charge on any atom is 0.296 e. The molecule has 0 aliphatic carbocycles. The zero-order valence-electron chi connectivity index (χ0n) is 16.6. The number of benzene rings is 2. The predicted molar refractivity (Wildman–Crippen MR) is 115 cm³/mol. The third kappa shape index (κ3) is 4.95. The predicted octanol–water partition coefficient (Wildman–Crippen LogP) is 3.47. The van der Waals surface area contributed by atoms with Gasteiger partial charge in [-0.15, -0.1) is 0 Å². The summed E-state index contributed by atoms with van der Waals surface area (Å²) in [6.45, 7) is 3.88. The lowest BCUT2D eigenvalue weighted by Crippen LogP contribution is -2.28. The van der Waals surface area contributed by atoms with E-state index < -0.39 is 16.1 Å². The van der Waals surface area contributed by atoms with Crippen LogP contribution in [0.3, 0.4) is 0 Å². The van der Waals surface area contributed by atoms with Gasteiger partial charge in [0.2, 0.25) is 11.8 Å². The number of hydrogen-bond acceptors (Lipinski definition) is 7.